The number of rotatable bonds is 5. The third-order valence-corrected chi connectivity index (χ3v) is 4.36. The highest BCUT2D eigenvalue weighted by Gasteiger charge is 2.28. The molecule has 1 aromatic heterocycles. The van der Waals surface area contributed by atoms with Gasteiger partial charge in [-0.05, 0) is 44.2 Å². The lowest BCUT2D eigenvalue weighted by molar-refractivity contribution is -0.131. The van der Waals surface area contributed by atoms with Crippen LogP contribution in [0.15, 0.2) is 34.9 Å². The van der Waals surface area contributed by atoms with Gasteiger partial charge in [-0.1, -0.05) is 11.6 Å². The standard InChI is InChI=1S/C17H20ClN3O2.ClH/c1-19-10-15-3-2-8-21(15)16(22)9-14-11-23-17(20-14)12-4-6-13(18)7-5-12;/h4-7,11,15,19H,2-3,8-10H2,1H3;1H. The van der Waals surface area contributed by atoms with Crippen molar-refractivity contribution in [3.05, 3.63) is 41.2 Å². The lowest BCUT2D eigenvalue weighted by Gasteiger charge is -2.24. The molecule has 0 saturated carbocycles. The number of carbonyl (C=O) groups excluding carboxylic acids is 1. The van der Waals surface area contributed by atoms with Crippen molar-refractivity contribution in [1.82, 2.24) is 15.2 Å². The maximum absolute atomic E-state index is 12.5. The lowest BCUT2D eigenvalue weighted by Crippen LogP contribution is -2.41. The van der Waals surface area contributed by atoms with E-state index >= 15 is 0 Å². The number of carbonyl (C=O) groups is 1. The van der Waals surface area contributed by atoms with Crippen LogP contribution in [0.25, 0.3) is 11.5 Å². The summed E-state index contributed by atoms with van der Waals surface area (Å²) >= 11 is 5.88. The number of nitrogens with one attached hydrogen (secondary N) is 1. The zero-order chi connectivity index (χ0) is 16.2. The lowest BCUT2D eigenvalue weighted by atomic mass is 10.2. The Hall–Kier alpha value is -1.56. The quantitative estimate of drug-likeness (QED) is 0.879. The number of hydrogen-bond donors (Lipinski definition) is 1. The Morgan fingerprint density at radius 2 is 2.17 bits per heavy atom. The summed E-state index contributed by atoms with van der Waals surface area (Å²) in [6.07, 6.45) is 3.96. The molecule has 0 spiro atoms. The van der Waals surface area contributed by atoms with Crippen molar-refractivity contribution < 1.29 is 9.21 Å². The smallest absolute Gasteiger partial charge is 0.229 e. The van der Waals surface area contributed by atoms with Gasteiger partial charge in [0, 0.05) is 29.7 Å². The Kier molecular flexibility index (Phi) is 6.66. The first-order chi connectivity index (χ1) is 11.2. The molecule has 7 heteroatoms. The molecule has 0 radical (unpaired) electrons. The van der Waals surface area contributed by atoms with Gasteiger partial charge in [0.25, 0.3) is 0 Å². The van der Waals surface area contributed by atoms with Crippen molar-refractivity contribution in [2.24, 2.45) is 0 Å². The Morgan fingerprint density at radius 1 is 1.42 bits per heavy atom. The Labute approximate surface area is 152 Å². The minimum atomic E-state index is 0. The van der Waals surface area contributed by atoms with Crippen LogP contribution in [0.1, 0.15) is 18.5 Å². The average molecular weight is 370 g/mol. The zero-order valence-electron chi connectivity index (χ0n) is 13.5. The Morgan fingerprint density at radius 3 is 2.88 bits per heavy atom. The first kappa shape index (κ1) is 18.8. The maximum Gasteiger partial charge on any atom is 0.229 e. The summed E-state index contributed by atoms with van der Waals surface area (Å²) in [6.45, 7) is 1.66. The second kappa shape index (κ2) is 8.51. The monoisotopic (exact) mass is 369 g/mol. The number of likely N-dealkylation sites (N-methyl/N-ethyl adjacent to an activating group) is 1. The number of halogens is 2. The van der Waals surface area contributed by atoms with Crippen LogP contribution in [0.3, 0.4) is 0 Å². The fraction of sp³-hybridized carbons (Fsp3) is 0.412. The summed E-state index contributed by atoms with van der Waals surface area (Å²) in [7, 11) is 1.91. The van der Waals surface area contributed by atoms with Gasteiger partial charge in [-0.25, -0.2) is 4.98 Å². The van der Waals surface area contributed by atoms with Crippen LogP contribution in [0.4, 0.5) is 0 Å². The molecule has 1 unspecified atom stereocenters. The Balaban J connectivity index is 0.00000208. The molecule has 130 valence electrons. The van der Waals surface area contributed by atoms with Gasteiger partial charge < -0.3 is 14.6 Å². The zero-order valence-corrected chi connectivity index (χ0v) is 15.1. The van der Waals surface area contributed by atoms with E-state index in [2.05, 4.69) is 10.3 Å². The van der Waals surface area contributed by atoms with Gasteiger partial charge in [0.1, 0.15) is 6.26 Å². The molecule has 1 saturated heterocycles. The van der Waals surface area contributed by atoms with Crippen molar-refractivity contribution in [2.75, 3.05) is 20.1 Å². The molecule has 1 N–H and O–H groups in total. The van der Waals surface area contributed by atoms with Gasteiger partial charge in [0.05, 0.1) is 12.1 Å². The first-order valence-corrected chi connectivity index (χ1v) is 8.19. The number of oxazole rings is 1. The molecule has 3 rings (SSSR count). The number of likely N-dealkylation sites (tertiary alicyclic amines) is 1. The number of nitrogens with zero attached hydrogens (tertiary/aromatic N) is 2. The van der Waals surface area contributed by atoms with Gasteiger partial charge >= 0.3 is 0 Å². The predicted octanol–water partition coefficient (Wildman–Crippen LogP) is 3.17. The van der Waals surface area contributed by atoms with Crippen molar-refractivity contribution in [1.29, 1.82) is 0 Å². The van der Waals surface area contributed by atoms with Crippen LogP contribution in [0, 0.1) is 0 Å². The molecule has 0 aliphatic carbocycles. The first-order valence-electron chi connectivity index (χ1n) is 7.82. The van der Waals surface area contributed by atoms with Crippen molar-refractivity contribution >= 4 is 29.9 Å². The SMILES string of the molecule is CNCC1CCCN1C(=O)Cc1coc(-c2ccc(Cl)cc2)n1.Cl. The molecule has 1 aromatic carbocycles. The Bertz CT molecular complexity index is 673. The molecule has 1 amide bonds. The molecular formula is C17H21Cl2N3O2. The molecule has 24 heavy (non-hydrogen) atoms. The van der Waals surface area contributed by atoms with E-state index in [0.29, 0.717) is 16.6 Å². The normalized spacial score (nSPS) is 16.9. The van der Waals surface area contributed by atoms with E-state index in [1.807, 2.05) is 24.1 Å². The van der Waals surface area contributed by atoms with E-state index in [4.69, 9.17) is 16.0 Å². The summed E-state index contributed by atoms with van der Waals surface area (Å²) < 4.78 is 5.49. The molecular weight excluding hydrogens is 349 g/mol. The summed E-state index contributed by atoms with van der Waals surface area (Å²) in [4.78, 5) is 18.9. The molecule has 1 aliphatic rings. The van der Waals surface area contributed by atoms with Crippen molar-refractivity contribution in [3.8, 4) is 11.5 Å². The van der Waals surface area contributed by atoms with Crippen LogP contribution in [-0.2, 0) is 11.2 Å². The maximum atomic E-state index is 12.5. The third kappa shape index (κ3) is 4.29. The molecule has 1 fully saturated rings. The average Bonchev–Trinajstić information content (AvgIpc) is 3.18. The summed E-state index contributed by atoms with van der Waals surface area (Å²) in [5, 5.41) is 3.82. The number of aromatic nitrogens is 1. The van der Waals surface area contributed by atoms with Crippen LogP contribution in [0.2, 0.25) is 5.02 Å². The minimum Gasteiger partial charge on any atom is -0.444 e. The van der Waals surface area contributed by atoms with E-state index in [1.54, 1.807) is 18.4 Å². The largest absolute Gasteiger partial charge is 0.444 e. The second-order valence-electron chi connectivity index (χ2n) is 5.77. The fourth-order valence-electron chi connectivity index (χ4n) is 2.98. The summed E-state index contributed by atoms with van der Waals surface area (Å²) in [6, 6.07) is 7.57. The highest BCUT2D eigenvalue weighted by molar-refractivity contribution is 6.30. The summed E-state index contributed by atoms with van der Waals surface area (Å²) in [5.41, 5.74) is 1.51. The van der Waals surface area contributed by atoms with Crippen molar-refractivity contribution in [2.45, 2.75) is 25.3 Å². The number of hydrogen-bond acceptors (Lipinski definition) is 4. The predicted molar refractivity (Wildman–Crippen MR) is 96.6 cm³/mol. The molecule has 2 heterocycles. The van der Waals surface area contributed by atoms with E-state index in [9.17, 15) is 4.79 Å². The number of amides is 1. The van der Waals surface area contributed by atoms with Crippen LogP contribution >= 0.6 is 24.0 Å². The topological polar surface area (TPSA) is 58.4 Å². The van der Waals surface area contributed by atoms with Crippen molar-refractivity contribution in [3.63, 3.8) is 0 Å². The van der Waals surface area contributed by atoms with Gasteiger partial charge in [0.2, 0.25) is 11.8 Å². The second-order valence-corrected chi connectivity index (χ2v) is 6.20. The van der Waals surface area contributed by atoms with Gasteiger partial charge in [0.15, 0.2) is 0 Å². The summed E-state index contributed by atoms with van der Waals surface area (Å²) in [5.74, 6) is 0.622. The van der Waals surface area contributed by atoms with E-state index in [-0.39, 0.29) is 30.8 Å². The van der Waals surface area contributed by atoms with Crippen LogP contribution < -0.4 is 5.32 Å². The van der Waals surface area contributed by atoms with E-state index < -0.39 is 0 Å². The van der Waals surface area contributed by atoms with Crippen LogP contribution in [-0.4, -0.2) is 42.0 Å². The molecule has 1 aliphatic heterocycles. The fourth-order valence-corrected chi connectivity index (χ4v) is 3.11. The number of benzene rings is 1. The molecule has 5 nitrogen and oxygen atoms in total. The van der Waals surface area contributed by atoms with Gasteiger partial charge in [-0.2, -0.15) is 0 Å². The van der Waals surface area contributed by atoms with Crippen LogP contribution in [0.5, 0.6) is 0 Å². The molecule has 1 atom stereocenters. The molecule has 2 aromatic rings. The van der Waals surface area contributed by atoms with Gasteiger partial charge in [-0.3, -0.25) is 4.79 Å². The van der Waals surface area contributed by atoms with Gasteiger partial charge in [-0.15, -0.1) is 12.4 Å². The highest BCUT2D eigenvalue weighted by atomic mass is 35.5. The molecule has 0 bridgehead atoms. The highest BCUT2D eigenvalue weighted by Crippen LogP contribution is 2.22. The third-order valence-electron chi connectivity index (χ3n) is 4.11. The minimum absolute atomic E-state index is 0. The van der Waals surface area contributed by atoms with E-state index in [1.165, 1.54) is 0 Å². The van der Waals surface area contributed by atoms with E-state index in [0.717, 1.165) is 31.5 Å².